The molecule has 0 N–H and O–H groups in total. The van der Waals surface area contributed by atoms with Crippen molar-refractivity contribution in [3.8, 4) is 12.0 Å². The lowest BCUT2D eigenvalue weighted by molar-refractivity contribution is 0.820. The van der Waals surface area contributed by atoms with E-state index in [2.05, 4.69) is 26.0 Å². The van der Waals surface area contributed by atoms with Crippen LogP contribution in [0.5, 0.6) is 0 Å². The summed E-state index contributed by atoms with van der Waals surface area (Å²) in [6.07, 6.45) is 5.30. The predicted octanol–water partition coefficient (Wildman–Crippen LogP) is 1.06. The van der Waals surface area contributed by atoms with Gasteiger partial charge in [0.1, 0.15) is 6.33 Å². The Bertz CT molecular complexity index is 560. The number of nitrogens with zero attached hydrogens (tertiary/aromatic N) is 7. The van der Waals surface area contributed by atoms with E-state index in [0.717, 1.165) is 0 Å². The molecule has 0 unspecified atom stereocenters. The van der Waals surface area contributed by atoms with Crippen LogP contribution in [0.15, 0.2) is 18.7 Å². The highest BCUT2D eigenvalue weighted by atomic mass is 35.5. The van der Waals surface area contributed by atoms with Crippen LogP contribution >= 0.6 is 11.6 Å². The van der Waals surface area contributed by atoms with Crippen molar-refractivity contribution in [2.75, 3.05) is 18.5 Å². The van der Waals surface area contributed by atoms with Crippen molar-refractivity contribution in [2.45, 2.75) is 6.42 Å². The molecular formula is C10H10ClN7. The summed E-state index contributed by atoms with van der Waals surface area (Å²) in [4.78, 5) is 18.0. The van der Waals surface area contributed by atoms with Gasteiger partial charge in [-0.05, 0) is 11.6 Å². The van der Waals surface area contributed by atoms with Gasteiger partial charge in [-0.3, -0.25) is 4.57 Å². The lowest BCUT2D eigenvalue weighted by atomic mass is 10.4. The summed E-state index contributed by atoms with van der Waals surface area (Å²) in [6.45, 7) is 0.528. The van der Waals surface area contributed by atoms with Gasteiger partial charge in [-0.2, -0.15) is 20.2 Å². The average Bonchev–Trinajstić information content (AvgIpc) is 2.89. The van der Waals surface area contributed by atoms with Crippen molar-refractivity contribution < 1.29 is 0 Å². The van der Waals surface area contributed by atoms with Crippen LogP contribution in [0.3, 0.4) is 0 Å². The molecule has 0 atom stereocenters. The fourth-order valence-corrected chi connectivity index (χ4v) is 1.46. The van der Waals surface area contributed by atoms with Gasteiger partial charge in [0, 0.05) is 26.0 Å². The van der Waals surface area contributed by atoms with Crippen molar-refractivity contribution in [3.05, 3.63) is 24.0 Å². The number of aromatic nitrogens is 5. The molecule has 0 aliphatic carbocycles. The predicted molar refractivity (Wildman–Crippen MR) is 65.5 cm³/mol. The van der Waals surface area contributed by atoms with Crippen LogP contribution in [-0.4, -0.2) is 38.1 Å². The second-order valence-electron chi connectivity index (χ2n) is 3.50. The maximum absolute atomic E-state index is 8.55. The van der Waals surface area contributed by atoms with Crippen LogP contribution in [0.25, 0.3) is 5.95 Å². The molecule has 0 aliphatic heterocycles. The SMILES string of the molecule is CN(CCC#N)c1nc(Cl)nc(-n2ccnc2)n1. The topological polar surface area (TPSA) is 83.5 Å². The molecule has 0 saturated carbocycles. The number of hydrogen-bond donors (Lipinski definition) is 0. The van der Waals surface area contributed by atoms with E-state index < -0.39 is 0 Å². The van der Waals surface area contributed by atoms with E-state index in [1.807, 2.05) is 0 Å². The minimum Gasteiger partial charge on any atom is -0.343 e. The molecule has 0 radical (unpaired) electrons. The van der Waals surface area contributed by atoms with Gasteiger partial charge in [0.05, 0.1) is 12.5 Å². The molecule has 0 bridgehead atoms. The van der Waals surface area contributed by atoms with E-state index in [4.69, 9.17) is 16.9 Å². The zero-order chi connectivity index (χ0) is 13.0. The van der Waals surface area contributed by atoms with E-state index in [1.165, 1.54) is 0 Å². The average molecular weight is 264 g/mol. The first-order valence-electron chi connectivity index (χ1n) is 5.18. The van der Waals surface area contributed by atoms with Crippen LogP contribution in [-0.2, 0) is 0 Å². The first kappa shape index (κ1) is 12.3. The number of anilines is 1. The van der Waals surface area contributed by atoms with Gasteiger partial charge in [0.2, 0.25) is 17.2 Å². The molecule has 7 nitrogen and oxygen atoms in total. The molecule has 0 aromatic carbocycles. The molecule has 0 saturated heterocycles. The highest BCUT2D eigenvalue weighted by Crippen LogP contribution is 2.12. The third kappa shape index (κ3) is 2.73. The second-order valence-corrected chi connectivity index (χ2v) is 3.84. The standard InChI is InChI=1S/C10H10ClN7/c1-17(5-2-3-12)9-14-8(11)15-10(16-9)18-6-4-13-7-18/h4,6-7H,2,5H2,1H3. The fourth-order valence-electron chi connectivity index (χ4n) is 1.31. The lowest BCUT2D eigenvalue weighted by Crippen LogP contribution is -2.22. The Morgan fingerprint density at radius 2 is 2.28 bits per heavy atom. The van der Waals surface area contributed by atoms with Crippen molar-refractivity contribution >= 4 is 17.5 Å². The van der Waals surface area contributed by atoms with Gasteiger partial charge in [-0.1, -0.05) is 0 Å². The molecule has 0 fully saturated rings. The second kappa shape index (κ2) is 5.42. The van der Waals surface area contributed by atoms with E-state index >= 15 is 0 Å². The summed E-state index contributed by atoms with van der Waals surface area (Å²) in [7, 11) is 1.79. The summed E-state index contributed by atoms with van der Waals surface area (Å²) in [5.41, 5.74) is 0. The largest absolute Gasteiger partial charge is 0.343 e. The minimum atomic E-state index is 0.104. The molecule has 92 valence electrons. The summed E-state index contributed by atoms with van der Waals surface area (Å²) in [5, 5.41) is 8.66. The van der Waals surface area contributed by atoms with Crippen molar-refractivity contribution in [2.24, 2.45) is 0 Å². The van der Waals surface area contributed by atoms with Crippen LogP contribution in [0.1, 0.15) is 6.42 Å². The minimum absolute atomic E-state index is 0.104. The van der Waals surface area contributed by atoms with Gasteiger partial charge in [-0.15, -0.1) is 0 Å². The molecular weight excluding hydrogens is 254 g/mol. The van der Waals surface area contributed by atoms with Gasteiger partial charge in [-0.25, -0.2) is 4.98 Å². The van der Waals surface area contributed by atoms with Crippen LogP contribution in [0.2, 0.25) is 5.28 Å². The van der Waals surface area contributed by atoms with Crippen molar-refractivity contribution in [3.63, 3.8) is 0 Å². The van der Waals surface area contributed by atoms with Gasteiger partial charge < -0.3 is 4.90 Å². The van der Waals surface area contributed by atoms with Crippen LogP contribution < -0.4 is 4.90 Å². The van der Waals surface area contributed by atoms with Crippen molar-refractivity contribution in [1.82, 2.24) is 24.5 Å². The number of hydrogen-bond acceptors (Lipinski definition) is 6. The Kier molecular flexibility index (Phi) is 3.69. The summed E-state index contributed by atoms with van der Waals surface area (Å²) >= 11 is 5.86. The zero-order valence-electron chi connectivity index (χ0n) is 9.65. The van der Waals surface area contributed by atoms with E-state index in [9.17, 15) is 0 Å². The van der Waals surface area contributed by atoms with Gasteiger partial charge >= 0.3 is 0 Å². The van der Waals surface area contributed by atoms with Gasteiger partial charge in [0.25, 0.3) is 0 Å². The summed E-state index contributed by atoms with van der Waals surface area (Å²) in [5.74, 6) is 0.820. The first-order valence-corrected chi connectivity index (χ1v) is 5.56. The molecule has 2 heterocycles. The number of rotatable bonds is 4. The number of halogens is 1. The smallest absolute Gasteiger partial charge is 0.241 e. The fraction of sp³-hybridized carbons (Fsp3) is 0.300. The number of imidazole rings is 1. The first-order chi connectivity index (χ1) is 8.70. The Morgan fingerprint density at radius 1 is 1.44 bits per heavy atom. The maximum atomic E-state index is 8.55. The normalized spacial score (nSPS) is 10.1. The maximum Gasteiger partial charge on any atom is 0.241 e. The lowest BCUT2D eigenvalue weighted by Gasteiger charge is -2.15. The monoisotopic (exact) mass is 263 g/mol. The summed E-state index contributed by atoms with van der Waals surface area (Å²) < 4.78 is 1.63. The van der Waals surface area contributed by atoms with E-state index in [0.29, 0.717) is 24.9 Å². The van der Waals surface area contributed by atoms with Gasteiger partial charge in [0.15, 0.2) is 0 Å². The summed E-state index contributed by atoms with van der Waals surface area (Å²) in [6, 6.07) is 2.06. The zero-order valence-corrected chi connectivity index (χ0v) is 10.4. The molecule has 0 aliphatic rings. The molecule has 2 aromatic rings. The number of nitriles is 1. The Morgan fingerprint density at radius 3 is 2.94 bits per heavy atom. The molecule has 0 amide bonds. The highest BCUT2D eigenvalue weighted by molar-refractivity contribution is 6.28. The molecule has 2 aromatic heterocycles. The van der Waals surface area contributed by atoms with E-state index in [1.54, 1.807) is 35.2 Å². The van der Waals surface area contributed by atoms with Crippen molar-refractivity contribution in [1.29, 1.82) is 5.26 Å². The molecule has 0 spiro atoms. The van der Waals surface area contributed by atoms with Crippen LogP contribution in [0, 0.1) is 11.3 Å². The Balaban J connectivity index is 2.30. The quantitative estimate of drug-likeness (QED) is 0.820. The highest BCUT2D eigenvalue weighted by Gasteiger charge is 2.10. The van der Waals surface area contributed by atoms with E-state index in [-0.39, 0.29) is 5.28 Å². The Labute approximate surface area is 109 Å². The third-order valence-electron chi connectivity index (χ3n) is 2.22. The van der Waals surface area contributed by atoms with Crippen LogP contribution in [0.4, 0.5) is 5.95 Å². The molecule has 8 heteroatoms. The Hall–Kier alpha value is -2.20. The molecule has 18 heavy (non-hydrogen) atoms. The third-order valence-corrected chi connectivity index (χ3v) is 2.39. The molecule has 2 rings (SSSR count).